The molecule has 2 aromatic rings. The van der Waals surface area contributed by atoms with Crippen molar-refractivity contribution in [1.29, 1.82) is 0 Å². The molecule has 3 nitrogen and oxygen atoms in total. The number of hydrogen-bond donors (Lipinski definition) is 2. The predicted molar refractivity (Wildman–Crippen MR) is 71.9 cm³/mol. The van der Waals surface area contributed by atoms with Gasteiger partial charge in [0.2, 0.25) is 0 Å². The Morgan fingerprint density at radius 3 is 2.71 bits per heavy atom. The number of aromatic nitrogens is 1. The SMILES string of the molecule is Cc1c(N)cccc1NC(C)c1ccccn1. The standard InChI is InChI=1S/C14H17N3/c1-10-12(15)6-5-8-13(10)17-11(2)14-7-3-4-9-16-14/h3-9,11,17H,15H2,1-2H3. The summed E-state index contributed by atoms with van der Waals surface area (Å²) in [6.45, 7) is 4.10. The van der Waals surface area contributed by atoms with Crippen molar-refractivity contribution < 1.29 is 0 Å². The first-order valence-corrected chi connectivity index (χ1v) is 5.71. The lowest BCUT2D eigenvalue weighted by Crippen LogP contribution is -2.09. The van der Waals surface area contributed by atoms with E-state index in [1.165, 1.54) is 0 Å². The second-order valence-electron chi connectivity index (χ2n) is 4.14. The molecule has 0 aliphatic heterocycles. The van der Waals surface area contributed by atoms with Crippen LogP contribution in [-0.4, -0.2) is 4.98 Å². The second kappa shape index (κ2) is 4.87. The molecule has 1 aromatic heterocycles. The van der Waals surface area contributed by atoms with E-state index in [9.17, 15) is 0 Å². The molecule has 0 fully saturated rings. The van der Waals surface area contributed by atoms with Crippen molar-refractivity contribution in [3.05, 3.63) is 53.9 Å². The van der Waals surface area contributed by atoms with E-state index in [0.717, 1.165) is 22.6 Å². The van der Waals surface area contributed by atoms with Gasteiger partial charge in [0.25, 0.3) is 0 Å². The molecule has 0 saturated carbocycles. The summed E-state index contributed by atoms with van der Waals surface area (Å²) < 4.78 is 0. The number of benzene rings is 1. The zero-order chi connectivity index (χ0) is 12.3. The van der Waals surface area contributed by atoms with E-state index < -0.39 is 0 Å². The van der Waals surface area contributed by atoms with Crippen LogP contribution in [0.1, 0.15) is 24.2 Å². The third kappa shape index (κ3) is 2.56. The Labute approximate surface area is 102 Å². The molecule has 0 aliphatic rings. The second-order valence-corrected chi connectivity index (χ2v) is 4.14. The maximum absolute atomic E-state index is 5.88. The van der Waals surface area contributed by atoms with E-state index in [1.54, 1.807) is 6.20 Å². The molecule has 3 heteroatoms. The highest BCUT2D eigenvalue weighted by Crippen LogP contribution is 2.24. The van der Waals surface area contributed by atoms with E-state index >= 15 is 0 Å². The molecule has 0 amide bonds. The maximum atomic E-state index is 5.88. The number of nitrogens with one attached hydrogen (secondary N) is 1. The summed E-state index contributed by atoms with van der Waals surface area (Å²) in [6, 6.07) is 12.0. The fourth-order valence-corrected chi connectivity index (χ4v) is 1.75. The number of nitrogens with zero attached hydrogens (tertiary/aromatic N) is 1. The van der Waals surface area contributed by atoms with Gasteiger partial charge in [0, 0.05) is 17.6 Å². The highest BCUT2D eigenvalue weighted by Gasteiger charge is 2.08. The minimum atomic E-state index is 0.164. The molecule has 3 N–H and O–H groups in total. The van der Waals surface area contributed by atoms with Gasteiger partial charge in [-0.2, -0.15) is 0 Å². The Bertz CT molecular complexity index is 494. The first kappa shape index (κ1) is 11.5. The van der Waals surface area contributed by atoms with Crippen molar-refractivity contribution in [2.75, 3.05) is 11.1 Å². The van der Waals surface area contributed by atoms with Crippen LogP contribution in [0.15, 0.2) is 42.6 Å². The number of nitrogens with two attached hydrogens (primary N) is 1. The van der Waals surface area contributed by atoms with Crippen LogP contribution >= 0.6 is 0 Å². The zero-order valence-electron chi connectivity index (χ0n) is 10.1. The van der Waals surface area contributed by atoms with Crippen molar-refractivity contribution in [3.63, 3.8) is 0 Å². The number of anilines is 2. The van der Waals surface area contributed by atoms with Crippen molar-refractivity contribution in [1.82, 2.24) is 4.98 Å². The molecule has 1 unspecified atom stereocenters. The molecule has 0 spiro atoms. The van der Waals surface area contributed by atoms with Gasteiger partial charge in [-0.05, 0) is 43.7 Å². The molecule has 0 saturated heterocycles. The van der Waals surface area contributed by atoms with Gasteiger partial charge in [-0.25, -0.2) is 0 Å². The summed E-state index contributed by atoms with van der Waals surface area (Å²) in [5.41, 5.74) is 9.85. The van der Waals surface area contributed by atoms with Gasteiger partial charge < -0.3 is 11.1 Å². The molecule has 0 radical (unpaired) electrons. The Morgan fingerprint density at radius 2 is 2.00 bits per heavy atom. The van der Waals surface area contributed by atoms with Crippen LogP contribution in [0, 0.1) is 6.92 Å². The lowest BCUT2D eigenvalue weighted by atomic mass is 10.1. The third-order valence-electron chi connectivity index (χ3n) is 2.88. The van der Waals surface area contributed by atoms with Crippen LogP contribution in [0.3, 0.4) is 0 Å². The summed E-state index contributed by atoms with van der Waals surface area (Å²) in [4.78, 5) is 4.33. The normalized spacial score (nSPS) is 12.1. The average Bonchev–Trinajstić information content (AvgIpc) is 2.36. The number of pyridine rings is 1. The van der Waals surface area contributed by atoms with Gasteiger partial charge in [-0.1, -0.05) is 12.1 Å². The van der Waals surface area contributed by atoms with E-state index in [2.05, 4.69) is 17.2 Å². The Kier molecular flexibility index (Phi) is 3.28. The quantitative estimate of drug-likeness (QED) is 0.792. The first-order valence-electron chi connectivity index (χ1n) is 5.71. The molecule has 0 aliphatic carbocycles. The van der Waals surface area contributed by atoms with Crippen LogP contribution in [0.5, 0.6) is 0 Å². The van der Waals surface area contributed by atoms with Crippen LogP contribution in [0.25, 0.3) is 0 Å². The van der Waals surface area contributed by atoms with E-state index in [1.807, 2.05) is 43.3 Å². The van der Waals surface area contributed by atoms with Gasteiger partial charge in [-0.15, -0.1) is 0 Å². The molecule has 0 bridgehead atoms. The lowest BCUT2D eigenvalue weighted by molar-refractivity contribution is 0.838. The third-order valence-corrected chi connectivity index (χ3v) is 2.88. The van der Waals surface area contributed by atoms with Gasteiger partial charge in [0.05, 0.1) is 11.7 Å². The van der Waals surface area contributed by atoms with Crippen molar-refractivity contribution in [3.8, 4) is 0 Å². The highest BCUT2D eigenvalue weighted by atomic mass is 14.9. The fourth-order valence-electron chi connectivity index (χ4n) is 1.75. The van der Waals surface area contributed by atoms with Crippen molar-refractivity contribution >= 4 is 11.4 Å². The molecule has 1 heterocycles. The van der Waals surface area contributed by atoms with Gasteiger partial charge in [0.1, 0.15) is 0 Å². The molecule has 88 valence electrons. The van der Waals surface area contributed by atoms with Crippen LogP contribution in [0.4, 0.5) is 11.4 Å². The minimum Gasteiger partial charge on any atom is -0.398 e. The van der Waals surface area contributed by atoms with E-state index in [4.69, 9.17) is 5.73 Å². The fraction of sp³-hybridized carbons (Fsp3) is 0.214. The van der Waals surface area contributed by atoms with Gasteiger partial charge >= 0.3 is 0 Å². The molecule has 1 aromatic carbocycles. The predicted octanol–water partition coefficient (Wildman–Crippen LogP) is 3.15. The Morgan fingerprint density at radius 1 is 1.18 bits per heavy atom. The van der Waals surface area contributed by atoms with Crippen molar-refractivity contribution in [2.45, 2.75) is 19.9 Å². The summed E-state index contributed by atoms with van der Waals surface area (Å²) >= 11 is 0. The zero-order valence-corrected chi connectivity index (χ0v) is 10.1. The molecule has 1 atom stereocenters. The smallest absolute Gasteiger partial charge is 0.0657 e. The first-order chi connectivity index (χ1) is 8.18. The summed E-state index contributed by atoms with van der Waals surface area (Å²) in [6.07, 6.45) is 1.81. The summed E-state index contributed by atoms with van der Waals surface area (Å²) in [7, 11) is 0. The molecular formula is C14H17N3. The Hall–Kier alpha value is -2.03. The monoisotopic (exact) mass is 227 g/mol. The highest BCUT2D eigenvalue weighted by molar-refractivity contribution is 5.63. The minimum absolute atomic E-state index is 0.164. The topological polar surface area (TPSA) is 50.9 Å². The van der Waals surface area contributed by atoms with Crippen LogP contribution < -0.4 is 11.1 Å². The molecule has 2 rings (SSSR count). The van der Waals surface area contributed by atoms with E-state index in [-0.39, 0.29) is 6.04 Å². The van der Waals surface area contributed by atoms with E-state index in [0.29, 0.717) is 0 Å². The lowest BCUT2D eigenvalue weighted by Gasteiger charge is -2.17. The largest absolute Gasteiger partial charge is 0.398 e. The number of nitrogen functional groups attached to an aromatic ring is 1. The van der Waals surface area contributed by atoms with Crippen molar-refractivity contribution in [2.24, 2.45) is 0 Å². The Balaban J connectivity index is 2.19. The maximum Gasteiger partial charge on any atom is 0.0657 e. The number of hydrogen-bond acceptors (Lipinski definition) is 3. The molecule has 17 heavy (non-hydrogen) atoms. The summed E-state index contributed by atoms with van der Waals surface area (Å²) in [5, 5.41) is 3.42. The average molecular weight is 227 g/mol. The summed E-state index contributed by atoms with van der Waals surface area (Å²) in [5.74, 6) is 0. The van der Waals surface area contributed by atoms with Crippen LogP contribution in [0.2, 0.25) is 0 Å². The number of rotatable bonds is 3. The van der Waals surface area contributed by atoms with Crippen LogP contribution in [-0.2, 0) is 0 Å². The van der Waals surface area contributed by atoms with Gasteiger partial charge in [0.15, 0.2) is 0 Å². The molecular weight excluding hydrogens is 210 g/mol. The van der Waals surface area contributed by atoms with Gasteiger partial charge in [-0.3, -0.25) is 4.98 Å².